The number of ketones is 1. The third-order valence-corrected chi connectivity index (χ3v) is 7.53. The number of Topliss-reactive ketones (excluding diaryl/α,β-unsaturated/α-hetero) is 1. The van der Waals surface area contributed by atoms with Crippen LogP contribution < -0.4 is 29.8 Å². The van der Waals surface area contributed by atoms with Gasteiger partial charge in [-0.1, -0.05) is 48.2 Å². The van der Waals surface area contributed by atoms with E-state index in [2.05, 4.69) is 5.32 Å². The van der Waals surface area contributed by atoms with Crippen molar-refractivity contribution in [3.63, 3.8) is 0 Å². The fourth-order valence-corrected chi connectivity index (χ4v) is 5.39. The number of rotatable bonds is 10. The number of hydrogen-bond acceptors (Lipinski definition) is 9. The van der Waals surface area contributed by atoms with E-state index in [0.29, 0.717) is 57.6 Å². The number of benzene rings is 3. The molecule has 0 saturated heterocycles. The zero-order valence-corrected chi connectivity index (χ0v) is 22.2. The molecule has 0 fully saturated rings. The molecular weight excluding hydrogens is 534 g/mol. The third kappa shape index (κ3) is 5.46. The largest absolute Gasteiger partial charge is 0.454 e. The van der Waals surface area contributed by atoms with Crippen molar-refractivity contribution in [3.05, 3.63) is 82.1 Å². The van der Waals surface area contributed by atoms with E-state index in [9.17, 15) is 14.4 Å². The molecule has 10 nitrogen and oxygen atoms in total. The zero-order valence-electron chi connectivity index (χ0n) is 21.4. The van der Waals surface area contributed by atoms with Gasteiger partial charge in [0.15, 0.2) is 33.9 Å². The maximum absolute atomic E-state index is 13.5. The van der Waals surface area contributed by atoms with E-state index in [1.165, 1.54) is 16.3 Å². The van der Waals surface area contributed by atoms with E-state index >= 15 is 0 Å². The van der Waals surface area contributed by atoms with E-state index in [1.807, 2.05) is 36.4 Å². The van der Waals surface area contributed by atoms with Gasteiger partial charge in [0.2, 0.25) is 19.5 Å². The Bertz CT molecular complexity index is 1660. The maximum Gasteiger partial charge on any atom is 0.262 e. The van der Waals surface area contributed by atoms with Gasteiger partial charge < -0.3 is 24.3 Å². The Labute approximate surface area is 233 Å². The van der Waals surface area contributed by atoms with E-state index in [4.69, 9.17) is 23.9 Å². The number of nitrogens with one attached hydrogen (secondary N) is 1. The molecule has 0 saturated carbocycles. The number of amides is 1. The summed E-state index contributed by atoms with van der Waals surface area (Å²) in [4.78, 5) is 43.6. The Morgan fingerprint density at radius 2 is 1.62 bits per heavy atom. The van der Waals surface area contributed by atoms with Crippen molar-refractivity contribution < 1.29 is 28.5 Å². The minimum absolute atomic E-state index is 0.0694. The molecule has 0 unspecified atom stereocenters. The lowest BCUT2D eigenvalue weighted by Gasteiger charge is -2.13. The van der Waals surface area contributed by atoms with Crippen LogP contribution in [0.15, 0.2) is 70.6 Å². The molecular formula is C29H25N3O7S. The van der Waals surface area contributed by atoms with Crippen LogP contribution in [0.25, 0.3) is 10.9 Å². The lowest BCUT2D eigenvalue weighted by atomic mass is 10.2. The quantitative estimate of drug-likeness (QED) is 0.175. The van der Waals surface area contributed by atoms with Crippen molar-refractivity contribution in [2.24, 2.45) is 0 Å². The Kier molecular flexibility index (Phi) is 7.28. The fraction of sp³-hybridized carbons (Fsp3) is 0.241. The molecule has 0 radical (unpaired) electrons. The highest BCUT2D eigenvalue weighted by Crippen LogP contribution is 2.35. The van der Waals surface area contributed by atoms with E-state index in [1.54, 1.807) is 24.3 Å². The Balaban J connectivity index is 1.16. The van der Waals surface area contributed by atoms with Gasteiger partial charge in [0.1, 0.15) is 0 Å². The molecule has 3 aromatic carbocycles. The molecule has 0 bridgehead atoms. The molecule has 0 spiro atoms. The van der Waals surface area contributed by atoms with Crippen LogP contribution in [0.1, 0.15) is 28.8 Å². The average molecular weight is 560 g/mol. The van der Waals surface area contributed by atoms with Gasteiger partial charge in [0.25, 0.3) is 5.56 Å². The number of thioether (sulfide) groups is 1. The fourth-order valence-electron chi connectivity index (χ4n) is 4.47. The first-order valence-electron chi connectivity index (χ1n) is 12.8. The van der Waals surface area contributed by atoms with Crippen molar-refractivity contribution in [1.82, 2.24) is 14.9 Å². The first-order valence-corrected chi connectivity index (χ1v) is 13.7. The molecule has 1 amide bonds. The summed E-state index contributed by atoms with van der Waals surface area (Å²) in [6.07, 6.45) is 0.619. The number of ether oxygens (including phenoxy) is 4. The van der Waals surface area contributed by atoms with Crippen LogP contribution in [0.4, 0.5) is 0 Å². The van der Waals surface area contributed by atoms with Crippen LogP contribution in [-0.4, -0.2) is 40.6 Å². The summed E-state index contributed by atoms with van der Waals surface area (Å²) in [5, 5.41) is 3.69. The van der Waals surface area contributed by atoms with Crippen molar-refractivity contribution in [2.75, 3.05) is 19.3 Å². The summed E-state index contributed by atoms with van der Waals surface area (Å²) in [6.45, 7) is 0.880. The van der Waals surface area contributed by atoms with Crippen LogP contribution in [-0.2, 0) is 17.9 Å². The smallest absolute Gasteiger partial charge is 0.262 e. The van der Waals surface area contributed by atoms with E-state index < -0.39 is 0 Å². The van der Waals surface area contributed by atoms with Gasteiger partial charge in [0.05, 0.1) is 16.7 Å². The summed E-state index contributed by atoms with van der Waals surface area (Å²) in [5.74, 6) is 2.26. The molecule has 40 heavy (non-hydrogen) atoms. The normalized spacial score (nSPS) is 13.0. The number of nitrogens with zero attached hydrogens (tertiary/aromatic N) is 2. The Hall–Kier alpha value is -4.51. The molecule has 1 aromatic heterocycles. The highest BCUT2D eigenvalue weighted by molar-refractivity contribution is 7.99. The van der Waals surface area contributed by atoms with Gasteiger partial charge in [-0.25, -0.2) is 4.98 Å². The SMILES string of the molecule is O=C(CCCn1c(SCC(=O)c2ccccc2)nc2cc3c(cc2c1=O)OCO3)NCc1ccc2c(c1)OCO2. The minimum atomic E-state index is -0.265. The molecule has 2 aliphatic heterocycles. The second-order valence-corrected chi connectivity index (χ2v) is 10.2. The second-order valence-electron chi connectivity index (χ2n) is 9.22. The van der Waals surface area contributed by atoms with Crippen LogP contribution in [0.2, 0.25) is 0 Å². The molecule has 0 aliphatic carbocycles. The summed E-state index contributed by atoms with van der Waals surface area (Å²) in [5.41, 5.74) is 1.68. The standard InChI is InChI=1S/C29H25N3O7S/c33-22(19-5-2-1-3-6-19)15-40-29-31-21-13-26-25(38-17-39-26)12-20(21)28(35)32(29)10-4-7-27(34)30-14-18-8-9-23-24(11-18)37-16-36-23/h1-3,5-6,8-9,11-13H,4,7,10,14-17H2,(H,30,34). The molecule has 6 rings (SSSR count). The lowest BCUT2D eigenvalue weighted by molar-refractivity contribution is -0.121. The Morgan fingerprint density at radius 1 is 0.900 bits per heavy atom. The topological polar surface area (TPSA) is 118 Å². The minimum Gasteiger partial charge on any atom is -0.454 e. The van der Waals surface area contributed by atoms with Crippen molar-refractivity contribution in [3.8, 4) is 23.0 Å². The van der Waals surface area contributed by atoms with Gasteiger partial charge in [-0.2, -0.15) is 0 Å². The maximum atomic E-state index is 13.5. The number of carbonyl (C=O) groups is 2. The summed E-state index contributed by atoms with van der Waals surface area (Å²) in [6, 6.07) is 17.8. The number of fused-ring (bicyclic) bond motifs is 3. The predicted octanol–water partition coefficient (Wildman–Crippen LogP) is 3.93. The monoisotopic (exact) mass is 559 g/mol. The van der Waals surface area contributed by atoms with Gasteiger partial charge >= 0.3 is 0 Å². The molecule has 1 N–H and O–H groups in total. The van der Waals surface area contributed by atoms with Crippen molar-refractivity contribution in [1.29, 1.82) is 0 Å². The van der Waals surface area contributed by atoms with E-state index in [0.717, 1.165) is 5.56 Å². The lowest BCUT2D eigenvalue weighted by Crippen LogP contribution is -2.26. The Morgan fingerprint density at radius 3 is 2.42 bits per heavy atom. The highest BCUT2D eigenvalue weighted by Gasteiger charge is 2.20. The van der Waals surface area contributed by atoms with E-state index in [-0.39, 0.29) is 49.6 Å². The predicted molar refractivity (Wildman–Crippen MR) is 147 cm³/mol. The number of aromatic nitrogens is 2. The van der Waals surface area contributed by atoms with Gasteiger partial charge in [-0.3, -0.25) is 19.0 Å². The number of hydrogen-bond donors (Lipinski definition) is 1. The first kappa shape index (κ1) is 25.8. The molecule has 11 heteroatoms. The van der Waals surface area contributed by atoms with Crippen molar-refractivity contribution in [2.45, 2.75) is 31.1 Å². The second kappa shape index (κ2) is 11.3. The third-order valence-electron chi connectivity index (χ3n) is 6.55. The highest BCUT2D eigenvalue weighted by atomic mass is 32.2. The van der Waals surface area contributed by atoms with Crippen LogP contribution in [0, 0.1) is 0 Å². The zero-order chi connectivity index (χ0) is 27.5. The average Bonchev–Trinajstić information content (AvgIpc) is 3.64. The van der Waals surface area contributed by atoms with Crippen LogP contribution >= 0.6 is 11.8 Å². The van der Waals surface area contributed by atoms with Crippen molar-refractivity contribution >= 4 is 34.4 Å². The molecule has 3 heterocycles. The summed E-state index contributed by atoms with van der Waals surface area (Å²) in [7, 11) is 0. The van der Waals surface area contributed by atoms with Gasteiger partial charge in [-0.15, -0.1) is 0 Å². The number of carbonyl (C=O) groups excluding carboxylic acids is 2. The van der Waals surface area contributed by atoms with Gasteiger partial charge in [-0.05, 0) is 30.2 Å². The van der Waals surface area contributed by atoms with Gasteiger partial charge in [0, 0.05) is 31.1 Å². The summed E-state index contributed by atoms with van der Waals surface area (Å²) < 4.78 is 23.1. The first-order chi connectivity index (χ1) is 19.5. The molecule has 204 valence electrons. The summed E-state index contributed by atoms with van der Waals surface area (Å²) >= 11 is 1.20. The van der Waals surface area contributed by atoms with Crippen LogP contribution in [0.5, 0.6) is 23.0 Å². The van der Waals surface area contributed by atoms with Crippen LogP contribution in [0.3, 0.4) is 0 Å². The molecule has 2 aliphatic rings. The molecule has 0 atom stereocenters. The molecule has 4 aromatic rings.